The maximum atomic E-state index is 12.1. The van der Waals surface area contributed by atoms with Gasteiger partial charge in [-0.3, -0.25) is 19.5 Å². The van der Waals surface area contributed by atoms with Gasteiger partial charge in [0.15, 0.2) is 0 Å². The van der Waals surface area contributed by atoms with Gasteiger partial charge in [-0.1, -0.05) is 0 Å². The van der Waals surface area contributed by atoms with E-state index in [0.717, 1.165) is 32.5 Å². The average Bonchev–Trinajstić information content (AvgIpc) is 2.74. The molecule has 2 aromatic rings. The number of aromatic nitrogens is 1. The molecule has 1 aliphatic rings. The Morgan fingerprint density at radius 3 is 2.39 bits per heavy atom. The number of carbonyl (C=O) groups is 2. The van der Waals surface area contributed by atoms with E-state index in [-0.39, 0.29) is 0 Å². The highest BCUT2D eigenvalue weighted by Gasteiger charge is 2.21. The minimum Gasteiger partial charge on any atom is -0.497 e. The normalized spacial score (nSPS) is 15.0. The van der Waals surface area contributed by atoms with Crippen molar-refractivity contribution in [2.45, 2.75) is 19.4 Å². The Morgan fingerprint density at radius 1 is 1.07 bits per heavy atom. The van der Waals surface area contributed by atoms with Gasteiger partial charge in [-0.05, 0) is 73.8 Å². The fourth-order valence-corrected chi connectivity index (χ4v) is 3.27. The van der Waals surface area contributed by atoms with Crippen molar-refractivity contribution >= 4 is 17.5 Å². The maximum absolute atomic E-state index is 12.1. The highest BCUT2D eigenvalue weighted by molar-refractivity contribution is 6.39. The van der Waals surface area contributed by atoms with E-state index in [9.17, 15) is 9.59 Å². The molecule has 2 N–H and O–H groups in total. The number of pyridine rings is 1. The molecule has 0 atom stereocenters. The number of amides is 2. The standard InChI is InChI=1S/C21H26N4O3/c1-28-19-4-2-18(3-5-19)24-21(27)20(26)23-14-16-8-12-25(13-9-16)15-17-6-10-22-11-7-17/h2-7,10-11,16H,8-9,12-15H2,1H3,(H,23,26)(H,24,27). The molecule has 0 spiro atoms. The lowest BCUT2D eigenvalue weighted by atomic mass is 9.96. The number of ether oxygens (including phenoxy) is 1. The van der Waals surface area contributed by atoms with E-state index < -0.39 is 11.8 Å². The van der Waals surface area contributed by atoms with Crippen LogP contribution in [0.4, 0.5) is 5.69 Å². The van der Waals surface area contributed by atoms with Crippen molar-refractivity contribution in [3.05, 3.63) is 54.4 Å². The van der Waals surface area contributed by atoms with E-state index >= 15 is 0 Å². The van der Waals surface area contributed by atoms with Crippen LogP contribution in [0.25, 0.3) is 0 Å². The second-order valence-electron chi connectivity index (χ2n) is 6.97. The highest BCUT2D eigenvalue weighted by Crippen LogP contribution is 2.18. The summed E-state index contributed by atoms with van der Waals surface area (Å²) in [5, 5.41) is 5.35. The smallest absolute Gasteiger partial charge is 0.313 e. The molecular formula is C21H26N4O3. The largest absolute Gasteiger partial charge is 0.497 e. The predicted octanol–water partition coefficient (Wildman–Crippen LogP) is 2.06. The van der Waals surface area contributed by atoms with Gasteiger partial charge in [0.1, 0.15) is 5.75 Å². The molecule has 7 nitrogen and oxygen atoms in total. The molecule has 0 unspecified atom stereocenters. The van der Waals surface area contributed by atoms with Crippen molar-refractivity contribution in [1.29, 1.82) is 0 Å². The van der Waals surface area contributed by atoms with Gasteiger partial charge >= 0.3 is 11.8 Å². The number of rotatable bonds is 6. The zero-order valence-corrected chi connectivity index (χ0v) is 16.1. The summed E-state index contributed by atoms with van der Waals surface area (Å²) in [5.41, 5.74) is 1.82. The number of carbonyl (C=O) groups excluding carboxylic acids is 2. The van der Waals surface area contributed by atoms with Crippen molar-refractivity contribution in [3.63, 3.8) is 0 Å². The van der Waals surface area contributed by atoms with Crippen LogP contribution >= 0.6 is 0 Å². The van der Waals surface area contributed by atoms with Crippen molar-refractivity contribution < 1.29 is 14.3 Å². The molecule has 0 bridgehead atoms. The van der Waals surface area contributed by atoms with Crippen LogP contribution < -0.4 is 15.4 Å². The maximum Gasteiger partial charge on any atom is 0.313 e. The number of likely N-dealkylation sites (tertiary alicyclic amines) is 1. The van der Waals surface area contributed by atoms with E-state index in [2.05, 4.69) is 20.5 Å². The van der Waals surface area contributed by atoms with Crippen molar-refractivity contribution in [3.8, 4) is 5.75 Å². The first-order valence-electron chi connectivity index (χ1n) is 9.48. The Morgan fingerprint density at radius 2 is 1.75 bits per heavy atom. The number of anilines is 1. The Labute approximate surface area is 165 Å². The van der Waals surface area contributed by atoms with Crippen molar-refractivity contribution in [1.82, 2.24) is 15.2 Å². The predicted molar refractivity (Wildman–Crippen MR) is 107 cm³/mol. The highest BCUT2D eigenvalue weighted by atomic mass is 16.5. The SMILES string of the molecule is COc1ccc(NC(=O)C(=O)NCC2CCN(Cc3ccncc3)CC2)cc1. The summed E-state index contributed by atoms with van der Waals surface area (Å²) < 4.78 is 5.07. The van der Waals surface area contributed by atoms with Gasteiger partial charge in [-0.15, -0.1) is 0 Å². The van der Waals surface area contributed by atoms with Gasteiger partial charge in [0.25, 0.3) is 0 Å². The molecule has 148 valence electrons. The summed E-state index contributed by atoms with van der Waals surface area (Å²) in [6, 6.07) is 10.9. The fourth-order valence-electron chi connectivity index (χ4n) is 3.27. The molecular weight excluding hydrogens is 356 g/mol. The summed E-state index contributed by atoms with van der Waals surface area (Å²) >= 11 is 0. The quantitative estimate of drug-likeness (QED) is 0.747. The van der Waals surface area contributed by atoms with Crippen molar-refractivity contribution in [2.24, 2.45) is 5.92 Å². The summed E-state index contributed by atoms with van der Waals surface area (Å²) in [6.45, 7) is 3.42. The second kappa shape index (κ2) is 9.85. The first-order valence-corrected chi connectivity index (χ1v) is 9.48. The third-order valence-electron chi connectivity index (χ3n) is 4.97. The van der Waals surface area contributed by atoms with Crippen LogP contribution in [0, 0.1) is 5.92 Å². The molecule has 0 saturated carbocycles. The Bertz CT molecular complexity index is 772. The first kappa shape index (κ1) is 19.8. The minimum atomic E-state index is -0.653. The summed E-state index contributed by atoms with van der Waals surface area (Å²) in [4.78, 5) is 30.5. The summed E-state index contributed by atoms with van der Waals surface area (Å²) in [5.74, 6) is -0.167. The fraction of sp³-hybridized carbons (Fsp3) is 0.381. The number of piperidine rings is 1. The molecule has 0 aliphatic carbocycles. The average molecular weight is 382 g/mol. The number of nitrogens with one attached hydrogen (secondary N) is 2. The van der Waals surface area contributed by atoms with E-state index in [1.165, 1.54) is 5.56 Å². The van der Waals surface area contributed by atoms with Gasteiger partial charge in [0, 0.05) is 31.2 Å². The van der Waals surface area contributed by atoms with E-state index in [4.69, 9.17) is 4.74 Å². The van der Waals surface area contributed by atoms with E-state index in [1.807, 2.05) is 24.5 Å². The third-order valence-corrected chi connectivity index (χ3v) is 4.97. The van der Waals surface area contributed by atoms with Gasteiger partial charge in [-0.25, -0.2) is 0 Å². The molecule has 28 heavy (non-hydrogen) atoms. The molecule has 0 radical (unpaired) electrons. The van der Waals surface area contributed by atoms with Crippen LogP contribution in [-0.2, 0) is 16.1 Å². The molecule has 2 heterocycles. The van der Waals surface area contributed by atoms with Gasteiger partial charge in [-0.2, -0.15) is 0 Å². The zero-order chi connectivity index (χ0) is 19.8. The lowest BCUT2D eigenvalue weighted by molar-refractivity contribution is -0.136. The van der Waals surface area contributed by atoms with Crippen LogP contribution in [-0.4, -0.2) is 48.4 Å². The number of benzene rings is 1. The molecule has 3 rings (SSSR count). The van der Waals surface area contributed by atoms with Crippen LogP contribution in [0.15, 0.2) is 48.8 Å². The second-order valence-corrected chi connectivity index (χ2v) is 6.97. The Hall–Kier alpha value is -2.93. The van der Waals surface area contributed by atoms with Crippen LogP contribution in [0.2, 0.25) is 0 Å². The van der Waals surface area contributed by atoms with E-state index in [1.54, 1.807) is 31.4 Å². The lowest BCUT2D eigenvalue weighted by Gasteiger charge is -2.32. The third kappa shape index (κ3) is 5.79. The first-order chi connectivity index (χ1) is 13.6. The van der Waals surface area contributed by atoms with Gasteiger partial charge < -0.3 is 15.4 Å². The van der Waals surface area contributed by atoms with Crippen molar-refractivity contribution in [2.75, 3.05) is 32.1 Å². The summed E-state index contributed by atoms with van der Waals surface area (Å²) in [7, 11) is 1.57. The molecule has 1 fully saturated rings. The van der Waals surface area contributed by atoms with Gasteiger partial charge in [0.2, 0.25) is 0 Å². The molecule has 7 heteroatoms. The summed E-state index contributed by atoms with van der Waals surface area (Å²) in [6.07, 6.45) is 5.64. The van der Waals surface area contributed by atoms with Crippen LogP contribution in [0.3, 0.4) is 0 Å². The lowest BCUT2D eigenvalue weighted by Crippen LogP contribution is -2.41. The number of hydrogen-bond donors (Lipinski definition) is 2. The Balaban J connectivity index is 1.37. The van der Waals surface area contributed by atoms with Crippen LogP contribution in [0.1, 0.15) is 18.4 Å². The zero-order valence-electron chi connectivity index (χ0n) is 16.1. The van der Waals surface area contributed by atoms with E-state index in [0.29, 0.717) is 23.9 Å². The monoisotopic (exact) mass is 382 g/mol. The number of nitrogens with zero attached hydrogens (tertiary/aromatic N) is 2. The molecule has 1 saturated heterocycles. The molecule has 1 aromatic carbocycles. The molecule has 1 aromatic heterocycles. The number of hydrogen-bond acceptors (Lipinski definition) is 5. The van der Waals surface area contributed by atoms with Crippen LogP contribution in [0.5, 0.6) is 5.75 Å². The molecule has 1 aliphatic heterocycles. The minimum absolute atomic E-state index is 0.395. The van der Waals surface area contributed by atoms with Gasteiger partial charge in [0.05, 0.1) is 7.11 Å². The molecule has 2 amide bonds. The topological polar surface area (TPSA) is 83.6 Å². The number of methoxy groups -OCH3 is 1. The Kier molecular flexibility index (Phi) is 6.97.